The summed E-state index contributed by atoms with van der Waals surface area (Å²) in [5.41, 5.74) is 1.81. The Labute approximate surface area is 123 Å². The second kappa shape index (κ2) is 6.57. The summed E-state index contributed by atoms with van der Waals surface area (Å²) < 4.78 is 0. The van der Waals surface area contributed by atoms with Gasteiger partial charge in [0.05, 0.1) is 0 Å². The Morgan fingerprint density at radius 1 is 1.30 bits per heavy atom. The molecule has 0 radical (unpaired) electrons. The summed E-state index contributed by atoms with van der Waals surface area (Å²) >= 11 is 0. The maximum absolute atomic E-state index is 4.28. The van der Waals surface area contributed by atoms with Crippen molar-refractivity contribution in [3.8, 4) is 0 Å². The molecule has 20 heavy (non-hydrogen) atoms. The Hall–Kier alpha value is -1.09. The highest BCUT2D eigenvalue weighted by Gasteiger charge is 2.26. The molecule has 0 aromatic carbocycles. The minimum absolute atomic E-state index is 0.450. The third kappa shape index (κ3) is 4.20. The molecule has 1 N–H and O–H groups in total. The number of anilines is 1. The van der Waals surface area contributed by atoms with Gasteiger partial charge in [-0.2, -0.15) is 0 Å². The number of aromatic nitrogens is 1. The number of likely N-dealkylation sites (tertiary alicyclic amines) is 1. The topological polar surface area (TPSA) is 28.2 Å². The lowest BCUT2D eigenvalue weighted by atomic mass is 9.77. The van der Waals surface area contributed by atoms with Gasteiger partial charge in [0.1, 0.15) is 5.82 Å². The zero-order valence-corrected chi connectivity index (χ0v) is 13.4. The molecule has 1 fully saturated rings. The van der Waals surface area contributed by atoms with Crippen molar-refractivity contribution in [1.29, 1.82) is 0 Å². The van der Waals surface area contributed by atoms with E-state index in [1.54, 1.807) is 0 Å². The van der Waals surface area contributed by atoms with Gasteiger partial charge in [0.2, 0.25) is 0 Å². The first-order valence-corrected chi connectivity index (χ1v) is 7.84. The molecule has 1 aromatic rings. The molecule has 1 saturated heterocycles. The lowest BCUT2D eigenvalue weighted by molar-refractivity contribution is 0.206. The van der Waals surface area contributed by atoms with E-state index >= 15 is 0 Å². The number of rotatable bonds is 3. The molecule has 1 aliphatic rings. The van der Waals surface area contributed by atoms with Gasteiger partial charge in [-0.05, 0) is 61.4 Å². The Morgan fingerprint density at radius 2 is 2.10 bits per heavy atom. The molecule has 1 unspecified atom stereocenters. The van der Waals surface area contributed by atoms with Crippen LogP contribution in [0.25, 0.3) is 0 Å². The van der Waals surface area contributed by atoms with Crippen molar-refractivity contribution in [1.82, 2.24) is 9.88 Å². The summed E-state index contributed by atoms with van der Waals surface area (Å²) in [4.78, 5) is 6.88. The predicted molar refractivity (Wildman–Crippen MR) is 85.9 cm³/mol. The summed E-state index contributed by atoms with van der Waals surface area (Å²) in [5.74, 6) is 1.82. The van der Waals surface area contributed by atoms with Crippen LogP contribution in [0.2, 0.25) is 0 Å². The van der Waals surface area contributed by atoms with Gasteiger partial charge in [-0.3, -0.25) is 4.90 Å². The predicted octanol–water partition coefficient (Wildman–Crippen LogP) is 3.77. The zero-order chi connectivity index (χ0) is 14.6. The van der Waals surface area contributed by atoms with E-state index in [0.29, 0.717) is 5.41 Å². The van der Waals surface area contributed by atoms with Crippen molar-refractivity contribution in [3.05, 3.63) is 23.9 Å². The minimum atomic E-state index is 0.450. The Balaban J connectivity index is 1.94. The molecule has 0 amide bonds. The van der Waals surface area contributed by atoms with E-state index in [-0.39, 0.29) is 0 Å². The van der Waals surface area contributed by atoms with Gasteiger partial charge >= 0.3 is 0 Å². The first kappa shape index (κ1) is 15.3. The first-order valence-electron chi connectivity index (χ1n) is 7.84. The molecular formula is C17H29N3. The zero-order valence-electron chi connectivity index (χ0n) is 13.4. The van der Waals surface area contributed by atoms with Gasteiger partial charge in [-0.15, -0.1) is 0 Å². The average molecular weight is 275 g/mol. The van der Waals surface area contributed by atoms with Crippen molar-refractivity contribution in [2.75, 3.05) is 25.5 Å². The molecule has 0 bridgehead atoms. The molecule has 0 aliphatic carbocycles. The van der Waals surface area contributed by atoms with Gasteiger partial charge in [0.25, 0.3) is 0 Å². The van der Waals surface area contributed by atoms with Gasteiger partial charge in [-0.1, -0.05) is 20.8 Å². The monoisotopic (exact) mass is 275 g/mol. The number of pyridine rings is 1. The van der Waals surface area contributed by atoms with Crippen molar-refractivity contribution < 1.29 is 0 Å². The number of nitrogens with zero attached hydrogens (tertiary/aromatic N) is 2. The Morgan fingerprint density at radius 3 is 2.80 bits per heavy atom. The highest BCUT2D eigenvalue weighted by molar-refractivity contribution is 5.36. The first-order chi connectivity index (χ1) is 9.49. The Kier molecular flexibility index (Phi) is 5.03. The molecule has 3 heteroatoms. The van der Waals surface area contributed by atoms with Crippen LogP contribution in [-0.4, -0.2) is 30.0 Å². The maximum Gasteiger partial charge on any atom is 0.125 e. The fourth-order valence-corrected chi connectivity index (χ4v) is 3.15. The van der Waals surface area contributed by atoms with Crippen molar-refractivity contribution >= 4 is 5.82 Å². The van der Waals surface area contributed by atoms with Crippen LogP contribution < -0.4 is 5.32 Å². The van der Waals surface area contributed by atoms with Crippen LogP contribution in [0.5, 0.6) is 0 Å². The molecule has 112 valence electrons. The van der Waals surface area contributed by atoms with Crippen LogP contribution in [0.4, 0.5) is 5.82 Å². The van der Waals surface area contributed by atoms with E-state index in [1.807, 2.05) is 13.2 Å². The summed E-state index contributed by atoms with van der Waals surface area (Å²) in [7, 11) is 1.92. The molecular weight excluding hydrogens is 246 g/mol. The van der Waals surface area contributed by atoms with E-state index in [0.717, 1.165) is 18.3 Å². The quantitative estimate of drug-likeness (QED) is 0.910. The average Bonchev–Trinajstić information content (AvgIpc) is 2.64. The molecule has 2 heterocycles. The maximum atomic E-state index is 4.28. The lowest BCUT2D eigenvalue weighted by Gasteiger charge is -2.29. The highest BCUT2D eigenvalue weighted by Crippen LogP contribution is 2.34. The molecule has 0 saturated carbocycles. The third-order valence-electron chi connectivity index (χ3n) is 4.53. The molecule has 2 rings (SSSR count). The van der Waals surface area contributed by atoms with E-state index in [2.05, 4.69) is 48.1 Å². The second-order valence-electron chi connectivity index (χ2n) is 7.07. The van der Waals surface area contributed by atoms with Gasteiger partial charge in [0.15, 0.2) is 0 Å². The minimum Gasteiger partial charge on any atom is -0.373 e. The summed E-state index contributed by atoms with van der Waals surface area (Å²) in [6.45, 7) is 10.6. The summed E-state index contributed by atoms with van der Waals surface area (Å²) in [5, 5.41) is 3.11. The van der Waals surface area contributed by atoms with E-state index in [9.17, 15) is 0 Å². The molecule has 3 nitrogen and oxygen atoms in total. The van der Waals surface area contributed by atoms with Gasteiger partial charge in [0, 0.05) is 19.8 Å². The number of hydrogen-bond acceptors (Lipinski definition) is 3. The molecule has 1 aromatic heterocycles. The van der Waals surface area contributed by atoms with E-state index in [4.69, 9.17) is 0 Å². The largest absolute Gasteiger partial charge is 0.373 e. The van der Waals surface area contributed by atoms with Crippen LogP contribution >= 0.6 is 0 Å². The van der Waals surface area contributed by atoms with Gasteiger partial charge in [-0.25, -0.2) is 4.98 Å². The summed E-state index contributed by atoms with van der Waals surface area (Å²) in [6.07, 6.45) is 5.93. The van der Waals surface area contributed by atoms with E-state index in [1.165, 1.54) is 37.9 Å². The lowest BCUT2D eigenvalue weighted by Crippen LogP contribution is -2.26. The molecule has 1 atom stereocenters. The van der Waals surface area contributed by atoms with Crippen molar-refractivity contribution in [2.45, 2.75) is 46.6 Å². The van der Waals surface area contributed by atoms with Crippen LogP contribution in [0.3, 0.4) is 0 Å². The van der Waals surface area contributed by atoms with Crippen LogP contribution in [0.1, 0.15) is 45.6 Å². The van der Waals surface area contributed by atoms with E-state index < -0.39 is 0 Å². The second-order valence-corrected chi connectivity index (χ2v) is 7.07. The van der Waals surface area contributed by atoms with Crippen LogP contribution in [0, 0.1) is 11.3 Å². The van der Waals surface area contributed by atoms with Crippen molar-refractivity contribution in [2.24, 2.45) is 11.3 Å². The Bertz CT molecular complexity index is 422. The number of hydrogen-bond donors (Lipinski definition) is 1. The molecule has 1 aliphatic heterocycles. The highest BCUT2D eigenvalue weighted by atomic mass is 15.1. The fourth-order valence-electron chi connectivity index (χ4n) is 3.15. The normalized spacial score (nSPS) is 21.5. The van der Waals surface area contributed by atoms with Gasteiger partial charge < -0.3 is 5.32 Å². The van der Waals surface area contributed by atoms with Crippen LogP contribution in [0.15, 0.2) is 18.3 Å². The SMILES string of the molecule is CNc1cc(CN2CCCC(C(C)(C)C)CC2)ccn1. The fraction of sp³-hybridized carbons (Fsp3) is 0.706. The van der Waals surface area contributed by atoms with Crippen molar-refractivity contribution in [3.63, 3.8) is 0 Å². The summed E-state index contributed by atoms with van der Waals surface area (Å²) in [6, 6.07) is 4.29. The smallest absolute Gasteiger partial charge is 0.125 e. The third-order valence-corrected chi connectivity index (χ3v) is 4.53. The van der Waals surface area contributed by atoms with Crippen LogP contribution in [-0.2, 0) is 6.54 Å². The number of nitrogens with one attached hydrogen (secondary N) is 1. The molecule has 0 spiro atoms. The standard InChI is InChI=1S/C17H29N3/c1-17(2,3)15-6-5-10-20(11-8-15)13-14-7-9-19-16(12-14)18-4/h7,9,12,15H,5-6,8,10-11,13H2,1-4H3,(H,18,19).